The molecule has 6 heteroatoms. The first-order valence-electron chi connectivity index (χ1n) is 5.73. The second-order valence-corrected chi connectivity index (χ2v) is 3.63. The first-order valence-corrected chi connectivity index (χ1v) is 5.73. The highest BCUT2D eigenvalue weighted by Gasteiger charge is 2.17. The minimum Gasteiger partial charge on any atom is -0.434 e. The van der Waals surface area contributed by atoms with Gasteiger partial charge in [0.15, 0.2) is 0 Å². The number of ether oxygens (including phenoxy) is 2. The molecule has 98 valence electrons. The molecule has 6 nitrogen and oxygen atoms in total. The molecule has 0 aliphatic carbocycles. The van der Waals surface area contributed by atoms with Crippen molar-refractivity contribution in [2.45, 2.75) is 26.2 Å². The number of rotatable bonds is 6. The van der Waals surface area contributed by atoms with E-state index >= 15 is 0 Å². The molecular weight excluding hydrogens is 238 g/mol. The number of hydrogen-bond acceptors (Lipinski definition) is 5. The number of para-hydroxylation sites is 2. The van der Waals surface area contributed by atoms with Gasteiger partial charge in [0.2, 0.25) is 5.75 Å². The predicted molar refractivity (Wildman–Crippen MR) is 64.6 cm³/mol. The lowest BCUT2D eigenvalue weighted by atomic mass is 10.3. The average molecular weight is 253 g/mol. The molecule has 0 saturated carbocycles. The van der Waals surface area contributed by atoms with E-state index in [4.69, 9.17) is 9.47 Å². The van der Waals surface area contributed by atoms with Gasteiger partial charge in [-0.1, -0.05) is 31.9 Å². The number of hydrogen-bond donors (Lipinski definition) is 0. The van der Waals surface area contributed by atoms with E-state index in [1.165, 1.54) is 18.2 Å². The molecule has 0 radical (unpaired) electrons. The molecule has 18 heavy (non-hydrogen) atoms. The summed E-state index contributed by atoms with van der Waals surface area (Å²) in [5, 5.41) is 10.7. The summed E-state index contributed by atoms with van der Waals surface area (Å²) in [5.74, 6) is -0.108. The van der Waals surface area contributed by atoms with Crippen molar-refractivity contribution < 1.29 is 19.2 Å². The van der Waals surface area contributed by atoms with Crippen LogP contribution >= 0.6 is 0 Å². The van der Waals surface area contributed by atoms with Crippen molar-refractivity contribution in [2.24, 2.45) is 0 Å². The maximum atomic E-state index is 11.3. The Kier molecular flexibility index (Phi) is 5.63. The van der Waals surface area contributed by atoms with Gasteiger partial charge in [0.1, 0.15) is 0 Å². The number of carbonyl (C=O) groups is 1. The Hall–Kier alpha value is -2.11. The summed E-state index contributed by atoms with van der Waals surface area (Å²) in [5.41, 5.74) is -0.261. The fraction of sp³-hybridized carbons (Fsp3) is 0.417. The van der Waals surface area contributed by atoms with Crippen LogP contribution in [0, 0.1) is 10.1 Å². The van der Waals surface area contributed by atoms with Crippen LogP contribution in [-0.2, 0) is 4.74 Å². The lowest BCUT2D eigenvalue weighted by Crippen LogP contribution is -2.12. The van der Waals surface area contributed by atoms with Crippen molar-refractivity contribution in [1.29, 1.82) is 0 Å². The molecular formula is C12H15NO5. The molecule has 0 spiro atoms. The molecule has 0 aliphatic heterocycles. The quantitative estimate of drug-likeness (QED) is 0.255. The van der Waals surface area contributed by atoms with Crippen molar-refractivity contribution in [3.8, 4) is 5.75 Å². The molecule has 0 saturated heterocycles. The van der Waals surface area contributed by atoms with Gasteiger partial charge in [-0.25, -0.2) is 4.79 Å². The van der Waals surface area contributed by atoms with Crippen molar-refractivity contribution in [1.82, 2.24) is 0 Å². The number of nitro groups is 1. The zero-order chi connectivity index (χ0) is 13.4. The van der Waals surface area contributed by atoms with Gasteiger partial charge in [-0.2, -0.15) is 0 Å². The molecule has 0 unspecified atom stereocenters. The highest BCUT2D eigenvalue weighted by atomic mass is 16.7. The number of nitro benzene ring substituents is 1. The zero-order valence-electron chi connectivity index (χ0n) is 10.1. The molecule has 0 N–H and O–H groups in total. The summed E-state index contributed by atoms with van der Waals surface area (Å²) in [7, 11) is 0. The van der Waals surface area contributed by atoms with Crippen molar-refractivity contribution in [2.75, 3.05) is 6.61 Å². The Morgan fingerprint density at radius 1 is 1.33 bits per heavy atom. The summed E-state index contributed by atoms with van der Waals surface area (Å²) in [4.78, 5) is 21.3. The van der Waals surface area contributed by atoms with Crippen LogP contribution in [0.3, 0.4) is 0 Å². The second kappa shape index (κ2) is 7.26. The van der Waals surface area contributed by atoms with Gasteiger partial charge in [0, 0.05) is 6.07 Å². The minimum atomic E-state index is -0.916. The van der Waals surface area contributed by atoms with Crippen LogP contribution in [0.1, 0.15) is 26.2 Å². The zero-order valence-corrected chi connectivity index (χ0v) is 10.1. The summed E-state index contributed by atoms with van der Waals surface area (Å²) in [6.07, 6.45) is 1.81. The van der Waals surface area contributed by atoms with Crippen molar-refractivity contribution in [3.63, 3.8) is 0 Å². The molecule has 0 aliphatic rings. The van der Waals surface area contributed by atoms with Gasteiger partial charge >= 0.3 is 11.8 Å². The summed E-state index contributed by atoms with van der Waals surface area (Å²) >= 11 is 0. The van der Waals surface area contributed by atoms with Gasteiger partial charge in [0.05, 0.1) is 11.5 Å². The predicted octanol–water partition coefficient (Wildman–Crippen LogP) is 3.30. The highest BCUT2D eigenvalue weighted by Crippen LogP contribution is 2.26. The second-order valence-electron chi connectivity index (χ2n) is 3.63. The summed E-state index contributed by atoms with van der Waals surface area (Å²) in [6, 6.07) is 5.66. The third-order valence-electron chi connectivity index (χ3n) is 2.22. The van der Waals surface area contributed by atoms with Crippen molar-refractivity contribution >= 4 is 11.8 Å². The Balaban J connectivity index is 2.51. The monoisotopic (exact) mass is 253 g/mol. The van der Waals surface area contributed by atoms with E-state index in [2.05, 4.69) is 0 Å². The Labute approximate surface area is 105 Å². The molecule has 0 bridgehead atoms. The Morgan fingerprint density at radius 3 is 2.72 bits per heavy atom. The largest absolute Gasteiger partial charge is 0.514 e. The molecule has 0 amide bonds. The number of carbonyl (C=O) groups excluding carboxylic acids is 1. The molecule has 0 atom stereocenters. The van der Waals surface area contributed by atoms with Gasteiger partial charge in [-0.15, -0.1) is 0 Å². The van der Waals surface area contributed by atoms with Gasteiger partial charge < -0.3 is 9.47 Å². The molecule has 1 aromatic carbocycles. The van der Waals surface area contributed by atoms with Crippen LogP contribution in [-0.4, -0.2) is 17.7 Å². The molecule has 0 heterocycles. The molecule has 0 fully saturated rings. The maximum Gasteiger partial charge on any atom is 0.514 e. The topological polar surface area (TPSA) is 78.7 Å². The lowest BCUT2D eigenvalue weighted by molar-refractivity contribution is -0.385. The lowest BCUT2D eigenvalue weighted by Gasteiger charge is -2.05. The molecule has 1 aromatic rings. The first kappa shape index (κ1) is 14.0. The van der Waals surface area contributed by atoms with Gasteiger partial charge in [0.25, 0.3) is 0 Å². The van der Waals surface area contributed by atoms with E-state index in [0.29, 0.717) is 0 Å². The van der Waals surface area contributed by atoms with Crippen LogP contribution in [0.4, 0.5) is 10.5 Å². The van der Waals surface area contributed by atoms with Crippen LogP contribution in [0.25, 0.3) is 0 Å². The van der Waals surface area contributed by atoms with Gasteiger partial charge in [-0.05, 0) is 12.5 Å². The van der Waals surface area contributed by atoms with E-state index in [9.17, 15) is 14.9 Å². The fourth-order valence-corrected chi connectivity index (χ4v) is 1.32. The molecule has 1 rings (SSSR count). The first-order chi connectivity index (χ1) is 8.65. The van der Waals surface area contributed by atoms with E-state index in [1.54, 1.807) is 6.07 Å². The third-order valence-corrected chi connectivity index (χ3v) is 2.22. The van der Waals surface area contributed by atoms with Crippen LogP contribution < -0.4 is 4.74 Å². The number of unbranched alkanes of at least 4 members (excludes halogenated alkanes) is 2. The van der Waals surface area contributed by atoms with E-state index in [1.807, 2.05) is 6.92 Å². The van der Waals surface area contributed by atoms with Crippen LogP contribution in [0.15, 0.2) is 24.3 Å². The van der Waals surface area contributed by atoms with Crippen LogP contribution in [0.5, 0.6) is 5.75 Å². The van der Waals surface area contributed by atoms with Crippen LogP contribution in [0.2, 0.25) is 0 Å². The Morgan fingerprint density at radius 2 is 2.06 bits per heavy atom. The summed E-state index contributed by atoms with van der Waals surface area (Å²) < 4.78 is 9.58. The van der Waals surface area contributed by atoms with E-state index in [0.717, 1.165) is 19.3 Å². The fourth-order valence-electron chi connectivity index (χ4n) is 1.32. The number of benzene rings is 1. The van der Waals surface area contributed by atoms with Gasteiger partial charge in [-0.3, -0.25) is 10.1 Å². The third kappa shape index (κ3) is 4.40. The van der Waals surface area contributed by atoms with Crippen molar-refractivity contribution in [3.05, 3.63) is 34.4 Å². The standard InChI is InChI=1S/C12H15NO5/c1-2-3-6-9-17-12(14)18-11-8-5-4-7-10(11)13(15)16/h4-5,7-8H,2-3,6,9H2,1H3. The van der Waals surface area contributed by atoms with E-state index in [-0.39, 0.29) is 18.0 Å². The normalized spacial score (nSPS) is 9.83. The average Bonchev–Trinajstić information content (AvgIpc) is 2.35. The highest BCUT2D eigenvalue weighted by molar-refractivity contribution is 5.66. The summed E-state index contributed by atoms with van der Waals surface area (Å²) in [6.45, 7) is 2.29. The SMILES string of the molecule is CCCCCOC(=O)Oc1ccccc1[N+](=O)[O-]. The smallest absolute Gasteiger partial charge is 0.434 e. The number of nitrogens with zero attached hydrogens (tertiary/aromatic N) is 1. The maximum absolute atomic E-state index is 11.3. The Bertz CT molecular complexity index is 419. The minimum absolute atomic E-state index is 0.108. The molecule has 0 aromatic heterocycles. The van der Waals surface area contributed by atoms with E-state index < -0.39 is 11.1 Å².